The molecule has 3 saturated heterocycles. The highest BCUT2D eigenvalue weighted by Gasteiger charge is 2.44. The van der Waals surface area contributed by atoms with Crippen LogP contribution in [0.3, 0.4) is 0 Å². The molecule has 4 aromatic carbocycles. The van der Waals surface area contributed by atoms with Crippen molar-refractivity contribution in [2.45, 2.75) is 190 Å². The molecule has 0 bridgehead atoms. The second-order valence-electron chi connectivity index (χ2n) is 29.9. The summed E-state index contributed by atoms with van der Waals surface area (Å²) in [6, 6.07) is 25.4. The van der Waals surface area contributed by atoms with Crippen LogP contribution < -0.4 is 41.4 Å². The van der Waals surface area contributed by atoms with E-state index in [-0.39, 0.29) is 61.0 Å². The minimum atomic E-state index is -4.33. The molecule has 106 heavy (non-hydrogen) atoms. The molecule has 1 unspecified atom stereocenters. The Morgan fingerprint density at radius 2 is 1.08 bits per heavy atom. The molecule has 566 valence electrons. The second-order valence-corrected chi connectivity index (χ2v) is 31.7. The molecule has 9 heterocycles. The molecule has 6 fully saturated rings. The van der Waals surface area contributed by atoms with Gasteiger partial charge in [0.05, 0.1) is 70.6 Å². The summed E-state index contributed by atoms with van der Waals surface area (Å²) in [5.74, 6) is 2.35. The Morgan fingerprint density at radius 1 is 0.594 bits per heavy atom. The standard InChI is InChI=1S/C29H34F3N5O3.2C24H32N6O2S/c1-17(29(30,31)32)19-5-9-24-23(11-19)28(35-36(24)2)33-13-27(38)34-21-14-37(15-21)22-7-3-18(4-8-22)20-6-10-25-26(12-20)40-16-39-25;1-3-30-20-5-4-16(2)10-19(20)23(28-30)26-12-22(31)27-17-13-29(14-17)18-6-8-24(32,9-7-18)21-11-25-15-33-21;1-3-30-20-5-4-16(2)12-19(20)22(28-30)26-13-21(31)27-17-14-29(15-17)18-6-8-24(32,9-7-18)23-25-10-11-33-23/h5-6,9-12,17-18,21-22H,3-4,7-8,13-16H2,1-2H3,(H,33,35)(H,34,38);4-5,10-11,15,17-18,32H,3,6-9,12-14H2,1-2H3,(H,26,28)(H,27,31);4-5,10-12,17-18,32H,3,6-9,13-15H2,1-2H3,(H,26,28)(H,27,31). The quantitative estimate of drug-likeness (QED) is 0.0332. The Balaban J connectivity index is 0.000000135. The van der Waals surface area contributed by atoms with Gasteiger partial charge in [0.2, 0.25) is 24.5 Å². The number of rotatable bonds is 21. The third-order valence-corrected chi connectivity index (χ3v) is 24.7. The summed E-state index contributed by atoms with van der Waals surface area (Å²) in [6.45, 7) is 16.9. The number of likely N-dealkylation sites (tertiary alicyclic amines) is 3. The predicted molar refractivity (Wildman–Crippen MR) is 406 cm³/mol. The monoisotopic (exact) mass is 1490 g/mol. The third kappa shape index (κ3) is 16.6. The molecule has 3 saturated carbocycles. The number of nitrogens with zero attached hydrogens (tertiary/aromatic N) is 11. The van der Waals surface area contributed by atoms with Crippen molar-refractivity contribution in [2.24, 2.45) is 7.05 Å². The fourth-order valence-corrected chi connectivity index (χ4v) is 18.0. The number of thiazole rings is 2. The fraction of sp³-hybridized carbons (Fsp3) is 0.532. The summed E-state index contributed by atoms with van der Waals surface area (Å²) in [5, 5.41) is 59.7. The molecule has 24 nitrogen and oxygen atoms in total. The Morgan fingerprint density at radius 3 is 1.56 bits per heavy atom. The maximum Gasteiger partial charge on any atom is 0.395 e. The first kappa shape index (κ1) is 74.4. The zero-order valence-electron chi connectivity index (χ0n) is 61.1. The molecule has 1 atom stereocenters. The van der Waals surface area contributed by atoms with Gasteiger partial charge in [0.25, 0.3) is 0 Å². The summed E-state index contributed by atoms with van der Waals surface area (Å²) in [7, 11) is 1.73. The van der Waals surface area contributed by atoms with Gasteiger partial charge in [-0.3, -0.25) is 48.1 Å². The Bertz CT molecular complexity index is 4350. The van der Waals surface area contributed by atoms with Gasteiger partial charge in [0.15, 0.2) is 29.0 Å². The SMILES string of the molecule is CC(c1ccc2c(c1)c(NCC(=O)NC1CN(C3CCC(c4ccc5c(c4)OCO5)CC3)C1)nn2C)C(F)(F)F.CCn1nc(NCC(=O)NC2CN(C3CCC(O)(c4cncs4)CC3)C2)c2cc(C)ccc21.CCn1nc(NCC(=O)NC2CN(C3CCC(O)(c4nccs4)CC3)C2)c2cc(C)ccc21. The molecule has 4 aliphatic heterocycles. The zero-order valence-corrected chi connectivity index (χ0v) is 62.8. The summed E-state index contributed by atoms with van der Waals surface area (Å²) >= 11 is 3.08. The number of anilines is 3. The lowest BCUT2D eigenvalue weighted by Crippen LogP contribution is -2.63. The van der Waals surface area contributed by atoms with Crippen molar-refractivity contribution in [1.29, 1.82) is 0 Å². The predicted octanol–water partition coefficient (Wildman–Crippen LogP) is 10.6. The molecule has 3 aliphatic carbocycles. The molecule has 29 heteroatoms. The van der Waals surface area contributed by atoms with Crippen molar-refractivity contribution < 1.29 is 47.2 Å². The topological polar surface area (TPSA) is 271 Å². The van der Waals surface area contributed by atoms with Gasteiger partial charge >= 0.3 is 6.18 Å². The van der Waals surface area contributed by atoms with Gasteiger partial charge in [-0.15, -0.1) is 22.7 Å². The summed E-state index contributed by atoms with van der Waals surface area (Å²) in [4.78, 5) is 54.4. The maximum atomic E-state index is 13.2. The van der Waals surface area contributed by atoms with Crippen LogP contribution in [0.15, 0.2) is 96.1 Å². The van der Waals surface area contributed by atoms with Crippen LogP contribution in [0.1, 0.15) is 142 Å². The molecular weight excluding hydrogens is 1400 g/mol. The number of fused-ring (bicyclic) bond motifs is 4. The van der Waals surface area contributed by atoms with E-state index in [1.165, 1.54) is 51.5 Å². The van der Waals surface area contributed by atoms with Crippen LogP contribution in [0.2, 0.25) is 0 Å². The molecule has 9 aromatic rings. The normalized spacial score (nSPS) is 23.3. The van der Waals surface area contributed by atoms with E-state index in [0.717, 1.165) is 191 Å². The first-order chi connectivity index (χ1) is 51.0. The maximum absolute atomic E-state index is 13.2. The van der Waals surface area contributed by atoms with E-state index in [1.807, 2.05) is 20.8 Å². The molecular formula is C77H98F3N17O7S2. The van der Waals surface area contributed by atoms with E-state index < -0.39 is 23.3 Å². The van der Waals surface area contributed by atoms with Crippen molar-refractivity contribution in [3.63, 3.8) is 0 Å². The molecule has 0 spiro atoms. The van der Waals surface area contributed by atoms with Gasteiger partial charge < -0.3 is 51.6 Å². The number of aliphatic hydroxyl groups is 2. The highest BCUT2D eigenvalue weighted by atomic mass is 32.1. The van der Waals surface area contributed by atoms with Crippen LogP contribution in [-0.2, 0) is 45.7 Å². The van der Waals surface area contributed by atoms with E-state index in [0.29, 0.717) is 47.6 Å². The van der Waals surface area contributed by atoms with Crippen LogP contribution in [0.25, 0.3) is 32.7 Å². The Labute approximate surface area is 623 Å². The van der Waals surface area contributed by atoms with E-state index >= 15 is 0 Å². The number of ether oxygens (including phenoxy) is 2. The van der Waals surface area contributed by atoms with Gasteiger partial charge in [0, 0.05) is 111 Å². The van der Waals surface area contributed by atoms with Crippen molar-refractivity contribution >= 4 is 90.6 Å². The Kier molecular flexibility index (Phi) is 22.3. The van der Waals surface area contributed by atoms with E-state index in [2.05, 4.69) is 148 Å². The van der Waals surface area contributed by atoms with Gasteiger partial charge in [-0.2, -0.15) is 28.5 Å². The lowest BCUT2D eigenvalue weighted by molar-refractivity contribution is -0.146. The first-order valence-electron chi connectivity index (χ1n) is 37.5. The number of aryl methyl sites for hydroxylation is 5. The molecule has 5 aromatic heterocycles. The molecule has 0 radical (unpaired) electrons. The van der Waals surface area contributed by atoms with Crippen molar-refractivity contribution in [1.82, 2.24) is 70.0 Å². The van der Waals surface area contributed by atoms with Gasteiger partial charge in [0.1, 0.15) is 16.2 Å². The first-order valence-corrected chi connectivity index (χ1v) is 39.2. The van der Waals surface area contributed by atoms with E-state index in [4.69, 9.17) is 9.47 Å². The number of aromatic nitrogens is 8. The molecule has 7 aliphatic rings. The van der Waals surface area contributed by atoms with Crippen LogP contribution in [0.4, 0.5) is 30.6 Å². The van der Waals surface area contributed by atoms with E-state index in [1.54, 1.807) is 35.7 Å². The Hall–Kier alpha value is -8.45. The number of hydrogen-bond donors (Lipinski definition) is 8. The van der Waals surface area contributed by atoms with Crippen LogP contribution >= 0.6 is 22.7 Å². The molecule has 16 rings (SSSR count). The summed E-state index contributed by atoms with van der Waals surface area (Å²) in [6.07, 6.45) is 10.7. The zero-order chi connectivity index (χ0) is 74.0. The minimum Gasteiger partial charge on any atom is -0.454 e. The summed E-state index contributed by atoms with van der Waals surface area (Å²) < 4.78 is 56.2. The number of hydrogen-bond acceptors (Lipinski definition) is 20. The molecule has 3 amide bonds. The number of carbonyl (C=O) groups excluding carboxylic acids is 3. The van der Waals surface area contributed by atoms with Crippen LogP contribution in [0.5, 0.6) is 11.5 Å². The van der Waals surface area contributed by atoms with Crippen molar-refractivity contribution in [3.05, 3.63) is 128 Å². The van der Waals surface area contributed by atoms with E-state index in [9.17, 15) is 37.8 Å². The average Bonchev–Trinajstić information content (AvgIpc) is 1.37. The van der Waals surface area contributed by atoms with Gasteiger partial charge in [-0.1, -0.05) is 35.4 Å². The van der Waals surface area contributed by atoms with Crippen molar-refractivity contribution in [3.8, 4) is 11.5 Å². The minimum absolute atomic E-state index is 0.00229. The lowest BCUT2D eigenvalue weighted by atomic mass is 9.80. The van der Waals surface area contributed by atoms with Gasteiger partial charge in [-0.25, -0.2) is 4.98 Å². The largest absolute Gasteiger partial charge is 0.454 e. The number of alkyl halides is 3. The highest BCUT2D eigenvalue weighted by Crippen LogP contribution is 2.45. The van der Waals surface area contributed by atoms with Crippen LogP contribution in [0, 0.1) is 13.8 Å². The van der Waals surface area contributed by atoms with Crippen molar-refractivity contribution in [2.75, 3.05) is 81.6 Å². The van der Waals surface area contributed by atoms with Crippen LogP contribution in [-0.4, -0.2) is 190 Å². The lowest BCUT2D eigenvalue weighted by Gasteiger charge is -2.48. The third-order valence-electron chi connectivity index (χ3n) is 22.8. The fourth-order valence-electron chi connectivity index (χ4n) is 16.4. The highest BCUT2D eigenvalue weighted by molar-refractivity contribution is 7.10. The smallest absolute Gasteiger partial charge is 0.395 e. The second kappa shape index (κ2) is 31.8. The number of nitrogens with one attached hydrogen (secondary N) is 6. The average molecular weight is 1490 g/mol. The van der Waals surface area contributed by atoms with Gasteiger partial charge in [-0.05, 0) is 177 Å². The number of amides is 3. The summed E-state index contributed by atoms with van der Waals surface area (Å²) in [5.41, 5.74) is 7.00. The number of halogens is 3. The number of benzene rings is 4. The molecule has 8 N–H and O–H groups in total. The number of carbonyl (C=O) groups is 3.